The lowest BCUT2D eigenvalue weighted by molar-refractivity contribution is -0.138. The lowest BCUT2D eigenvalue weighted by atomic mass is 9.67. The highest BCUT2D eigenvalue weighted by atomic mass is 16.5. The summed E-state index contributed by atoms with van der Waals surface area (Å²) < 4.78 is 16.5. The van der Waals surface area contributed by atoms with Gasteiger partial charge in [-0.05, 0) is 55.2 Å². The van der Waals surface area contributed by atoms with E-state index in [2.05, 4.69) is 27.7 Å². The Balaban J connectivity index is 2.34. The summed E-state index contributed by atoms with van der Waals surface area (Å²) >= 11 is 0. The third kappa shape index (κ3) is 4.48. The average Bonchev–Trinajstić information content (AvgIpc) is 2.87. The van der Waals surface area contributed by atoms with Crippen molar-refractivity contribution in [1.82, 2.24) is 0 Å². The van der Waals surface area contributed by atoms with E-state index < -0.39 is 5.92 Å². The molecule has 5 nitrogen and oxygen atoms in total. The number of hydrogen-bond acceptors (Lipinski definition) is 5. The van der Waals surface area contributed by atoms with Gasteiger partial charge in [0.25, 0.3) is 0 Å². The van der Waals surface area contributed by atoms with Crippen LogP contribution in [0.4, 0.5) is 0 Å². The van der Waals surface area contributed by atoms with Gasteiger partial charge >= 0.3 is 5.97 Å². The molecule has 2 unspecified atom stereocenters. The Morgan fingerprint density at radius 2 is 1.78 bits per heavy atom. The van der Waals surface area contributed by atoms with Gasteiger partial charge in [-0.1, -0.05) is 44.9 Å². The monoisotopic (exact) mass is 440 g/mol. The van der Waals surface area contributed by atoms with Crippen LogP contribution in [0.25, 0.3) is 0 Å². The number of ether oxygens (including phenoxy) is 3. The molecule has 174 valence electrons. The quantitative estimate of drug-likeness (QED) is 0.525. The summed E-state index contributed by atoms with van der Waals surface area (Å²) in [6, 6.07) is 5.67. The number of rotatable bonds is 6. The van der Waals surface area contributed by atoms with Crippen LogP contribution in [-0.2, 0) is 14.3 Å². The zero-order valence-corrected chi connectivity index (χ0v) is 20.5. The smallest absolute Gasteiger partial charge is 0.334 e. The normalized spacial score (nSPS) is 22.9. The molecular formula is C27H36O5. The highest BCUT2D eigenvalue weighted by molar-refractivity contribution is 6.03. The molecule has 0 radical (unpaired) electrons. The fraction of sp³-hybridized carbons (Fsp3) is 0.556. The minimum atomic E-state index is -0.465. The SMILES string of the molecule is CCOC(=O)C1=C(CC)CC(C)C2=C(C(=O)CC(C)(C)C2)C1c1ccc(OC)c(OC)c1. The van der Waals surface area contributed by atoms with Gasteiger partial charge in [0.1, 0.15) is 0 Å². The maximum absolute atomic E-state index is 13.6. The first-order valence-corrected chi connectivity index (χ1v) is 11.5. The van der Waals surface area contributed by atoms with E-state index in [4.69, 9.17) is 14.2 Å². The predicted molar refractivity (Wildman–Crippen MR) is 125 cm³/mol. The summed E-state index contributed by atoms with van der Waals surface area (Å²) in [5.74, 6) is 0.713. The number of carbonyl (C=O) groups is 2. The van der Waals surface area contributed by atoms with Crippen LogP contribution in [0, 0.1) is 11.3 Å². The van der Waals surface area contributed by atoms with Crippen LogP contribution in [0.1, 0.15) is 71.8 Å². The molecular weight excluding hydrogens is 404 g/mol. The number of esters is 1. The topological polar surface area (TPSA) is 61.8 Å². The van der Waals surface area contributed by atoms with Crippen molar-refractivity contribution in [2.24, 2.45) is 11.3 Å². The van der Waals surface area contributed by atoms with Gasteiger partial charge in [0.05, 0.1) is 20.8 Å². The third-order valence-electron chi connectivity index (χ3n) is 6.72. The maximum atomic E-state index is 13.6. The lowest BCUT2D eigenvalue weighted by Crippen LogP contribution is -2.31. The van der Waals surface area contributed by atoms with E-state index in [1.165, 1.54) is 5.57 Å². The number of methoxy groups -OCH3 is 2. The molecule has 0 bridgehead atoms. The summed E-state index contributed by atoms with van der Waals surface area (Å²) in [7, 11) is 3.19. The molecule has 1 aromatic rings. The summed E-state index contributed by atoms with van der Waals surface area (Å²) in [6.07, 6.45) is 2.82. The summed E-state index contributed by atoms with van der Waals surface area (Å²) in [5.41, 5.74) is 4.40. The molecule has 32 heavy (non-hydrogen) atoms. The Morgan fingerprint density at radius 3 is 2.38 bits per heavy atom. The van der Waals surface area contributed by atoms with Gasteiger partial charge in [-0.25, -0.2) is 4.79 Å². The van der Waals surface area contributed by atoms with E-state index in [-0.39, 0.29) is 23.1 Å². The van der Waals surface area contributed by atoms with E-state index in [9.17, 15) is 9.59 Å². The molecule has 2 atom stereocenters. The van der Waals surface area contributed by atoms with Crippen molar-refractivity contribution in [2.75, 3.05) is 20.8 Å². The Hall–Kier alpha value is -2.56. The van der Waals surface area contributed by atoms with Crippen molar-refractivity contribution < 1.29 is 23.8 Å². The maximum Gasteiger partial charge on any atom is 0.334 e. The molecule has 0 saturated heterocycles. The van der Waals surface area contributed by atoms with Crippen molar-refractivity contribution in [3.05, 3.63) is 46.1 Å². The van der Waals surface area contributed by atoms with Crippen LogP contribution in [0.5, 0.6) is 11.5 Å². The molecule has 5 heteroatoms. The lowest BCUT2D eigenvalue weighted by Gasteiger charge is -2.36. The third-order valence-corrected chi connectivity index (χ3v) is 6.72. The standard InChI is InChI=1S/C27H36O5/c1-8-17-12-16(3)19-14-27(4,5)15-20(28)25(19)23(24(17)26(29)32-9-2)18-10-11-21(30-6)22(13-18)31-7/h10-11,13,16,23H,8-9,12,14-15H2,1-7H3. The largest absolute Gasteiger partial charge is 0.493 e. The Labute approximate surface area is 191 Å². The van der Waals surface area contributed by atoms with E-state index in [1.807, 2.05) is 25.1 Å². The van der Waals surface area contributed by atoms with Crippen molar-refractivity contribution in [3.63, 3.8) is 0 Å². The average molecular weight is 441 g/mol. The molecule has 0 fully saturated rings. The van der Waals surface area contributed by atoms with Crippen molar-refractivity contribution >= 4 is 11.8 Å². The zero-order valence-electron chi connectivity index (χ0n) is 20.5. The number of Topliss-reactive ketones (excluding diaryl/α,β-unsaturated/α-hetero) is 1. The molecule has 0 N–H and O–H groups in total. The molecule has 2 aliphatic rings. The number of ketones is 1. The Kier molecular flexibility index (Phi) is 7.16. The highest BCUT2D eigenvalue weighted by Crippen LogP contribution is 2.51. The summed E-state index contributed by atoms with van der Waals surface area (Å²) in [5, 5.41) is 0. The van der Waals surface area contributed by atoms with Gasteiger partial charge < -0.3 is 14.2 Å². The molecule has 0 aliphatic heterocycles. The van der Waals surface area contributed by atoms with Gasteiger partial charge in [0.15, 0.2) is 17.3 Å². The van der Waals surface area contributed by atoms with Crippen LogP contribution in [0.2, 0.25) is 0 Å². The second-order valence-electron chi connectivity index (χ2n) is 9.62. The molecule has 3 rings (SSSR count). The van der Waals surface area contributed by atoms with Crippen LogP contribution < -0.4 is 9.47 Å². The summed E-state index contributed by atoms with van der Waals surface area (Å²) in [4.78, 5) is 27.0. The number of carbonyl (C=O) groups excluding carboxylic acids is 2. The fourth-order valence-electron chi connectivity index (χ4n) is 5.29. The van der Waals surface area contributed by atoms with E-state index in [1.54, 1.807) is 14.2 Å². The molecule has 0 aromatic heterocycles. The molecule has 0 amide bonds. The Bertz CT molecular complexity index is 966. The highest BCUT2D eigenvalue weighted by Gasteiger charge is 2.43. The number of benzene rings is 1. The molecule has 2 aliphatic carbocycles. The van der Waals surface area contributed by atoms with Crippen LogP contribution in [0.3, 0.4) is 0 Å². The second-order valence-corrected chi connectivity index (χ2v) is 9.62. The minimum absolute atomic E-state index is 0.0901. The first-order chi connectivity index (χ1) is 15.2. The molecule has 0 spiro atoms. The van der Waals surface area contributed by atoms with Gasteiger partial charge in [-0.3, -0.25) is 4.79 Å². The fourth-order valence-corrected chi connectivity index (χ4v) is 5.29. The summed E-state index contributed by atoms with van der Waals surface area (Å²) in [6.45, 7) is 10.7. The van der Waals surface area contributed by atoms with E-state index in [0.29, 0.717) is 30.1 Å². The van der Waals surface area contributed by atoms with Crippen molar-refractivity contribution in [1.29, 1.82) is 0 Å². The van der Waals surface area contributed by atoms with Crippen LogP contribution in [0.15, 0.2) is 40.5 Å². The number of allylic oxidation sites excluding steroid dienone is 3. The second kappa shape index (κ2) is 9.51. The van der Waals surface area contributed by atoms with Gasteiger partial charge in [-0.2, -0.15) is 0 Å². The molecule has 1 aromatic carbocycles. The zero-order chi connectivity index (χ0) is 23.6. The first kappa shape index (κ1) is 24.1. The predicted octanol–water partition coefficient (Wildman–Crippen LogP) is 5.78. The van der Waals surface area contributed by atoms with Crippen LogP contribution >= 0.6 is 0 Å². The van der Waals surface area contributed by atoms with Crippen molar-refractivity contribution in [2.45, 2.75) is 66.2 Å². The Morgan fingerprint density at radius 1 is 1.09 bits per heavy atom. The minimum Gasteiger partial charge on any atom is -0.493 e. The van der Waals surface area contributed by atoms with E-state index >= 15 is 0 Å². The van der Waals surface area contributed by atoms with Gasteiger partial charge in [0, 0.05) is 23.5 Å². The molecule has 0 heterocycles. The number of hydrogen-bond donors (Lipinski definition) is 0. The molecule has 0 saturated carbocycles. The van der Waals surface area contributed by atoms with E-state index in [0.717, 1.165) is 36.0 Å². The van der Waals surface area contributed by atoms with Crippen LogP contribution in [-0.4, -0.2) is 32.6 Å². The van der Waals surface area contributed by atoms with Gasteiger partial charge in [-0.15, -0.1) is 0 Å². The van der Waals surface area contributed by atoms with Gasteiger partial charge in [0.2, 0.25) is 0 Å². The first-order valence-electron chi connectivity index (χ1n) is 11.5. The van der Waals surface area contributed by atoms with Crippen molar-refractivity contribution in [3.8, 4) is 11.5 Å².